The molecule has 1 rings (SSSR count). The molecule has 0 aliphatic heterocycles. The van der Waals surface area contributed by atoms with Gasteiger partial charge in [0.15, 0.2) is 0 Å². The number of aromatic nitrogens is 1. The van der Waals surface area contributed by atoms with E-state index >= 15 is 0 Å². The van der Waals surface area contributed by atoms with Gasteiger partial charge in [-0.2, -0.15) is 0 Å². The summed E-state index contributed by atoms with van der Waals surface area (Å²) < 4.78 is 5.43. The van der Waals surface area contributed by atoms with Crippen molar-refractivity contribution in [3.05, 3.63) is 23.5 Å². The first kappa shape index (κ1) is 12.4. The summed E-state index contributed by atoms with van der Waals surface area (Å²) in [6.45, 7) is 2.99. The number of rotatable bonds is 5. The van der Waals surface area contributed by atoms with Gasteiger partial charge in [-0.25, -0.2) is 4.79 Å². The molecule has 0 unspecified atom stereocenters. The zero-order valence-corrected chi connectivity index (χ0v) is 9.73. The third-order valence-electron chi connectivity index (χ3n) is 2.03. The van der Waals surface area contributed by atoms with Crippen molar-refractivity contribution in [2.75, 3.05) is 27.2 Å². The van der Waals surface area contributed by atoms with Gasteiger partial charge < -0.3 is 14.7 Å². The van der Waals surface area contributed by atoms with Crippen LogP contribution in [-0.2, 0) is 0 Å². The van der Waals surface area contributed by atoms with Crippen LogP contribution in [0.15, 0.2) is 12.3 Å². The van der Waals surface area contributed by atoms with Crippen LogP contribution in [0.25, 0.3) is 0 Å². The van der Waals surface area contributed by atoms with Crippen LogP contribution in [0, 0.1) is 6.92 Å². The SMILES string of the molecule is Cc1cc(OCCN(C)C)c(C(=O)O)cn1. The molecular weight excluding hydrogens is 208 g/mol. The van der Waals surface area contributed by atoms with E-state index in [0.717, 1.165) is 12.2 Å². The molecule has 5 heteroatoms. The predicted molar refractivity (Wildman–Crippen MR) is 60.0 cm³/mol. The van der Waals surface area contributed by atoms with Gasteiger partial charge in [-0.15, -0.1) is 0 Å². The van der Waals surface area contributed by atoms with Crippen LogP contribution in [0.4, 0.5) is 0 Å². The van der Waals surface area contributed by atoms with Gasteiger partial charge in [-0.05, 0) is 21.0 Å². The Kier molecular flexibility index (Phi) is 4.25. The maximum absolute atomic E-state index is 10.9. The van der Waals surface area contributed by atoms with E-state index in [1.54, 1.807) is 13.0 Å². The normalized spacial score (nSPS) is 10.5. The Labute approximate surface area is 94.7 Å². The minimum absolute atomic E-state index is 0.101. The van der Waals surface area contributed by atoms with E-state index in [1.807, 2.05) is 19.0 Å². The smallest absolute Gasteiger partial charge is 0.341 e. The van der Waals surface area contributed by atoms with Crippen molar-refractivity contribution >= 4 is 5.97 Å². The van der Waals surface area contributed by atoms with Crippen molar-refractivity contribution in [3.63, 3.8) is 0 Å². The van der Waals surface area contributed by atoms with Crippen molar-refractivity contribution < 1.29 is 14.6 Å². The number of carboxylic acids is 1. The van der Waals surface area contributed by atoms with E-state index in [-0.39, 0.29) is 5.56 Å². The third kappa shape index (κ3) is 3.51. The highest BCUT2D eigenvalue weighted by Gasteiger charge is 2.12. The highest BCUT2D eigenvalue weighted by Crippen LogP contribution is 2.18. The van der Waals surface area contributed by atoms with Crippen molar-refractivity contribution in [1.82, 2.24) is 9.88 Å². The zero-order valence-electron chi connectivity index (χ0n) is 9.73. The van der Waals surface area contributed by atoms with Crippen LogP contribution in [0.2, 0.25) is 0 Å². The summed E-state index contributed by atoms with van der Waals surface area (Å²) in [6, 6.07) is 1.64. The Morgan fingerprint density at radius 1 is 1.56 bits per heavy atom. The van der Waals surface area contributed by atoms with Crippen LogP contribution in [0.1, 0.15) is 16.1 Å². The molecule has 5 nitrogen and oxygen atoms in total. The van der Waals surface area contributed by atoms with Gasteiger partial charge in [-0.3, -0.25) is 4.98 Å². The van der Waals surface area contributed by atoms with Crippen LogP contribution < -0.4 is 4.74 Å². The molecule has 0 spiro atoms. The second kappa shape index (κ2) is 5.46. The molecule has 1 aromatic rings. The van der Waals surface area contributed by atoms with E-state index in [4.69, 9.17) is 9.84 Å². The molecule has 16 heavy (non-hydrogen) atoms. The quantitative estimate of drug-likeness (QED) is 0.809. The number of pyridine rings is 1. The largest absolute Gasteiger partial charge is 0.491 e. The van der Waals surface area contributed by atoms with Crippen LogP contribution in [0.5, 0.6) is 5.75 Å². The lowest BCUT2D eigenvalue weighted by molar-refractivity contribution is 0.0691. The zero-order chi connectivity index (χ0) is 12.1. The average Bonchev–Trinajstić information content (AvgIpc) is 2.16. The molecule has 0 fully saturated rings. The summed E-state index contributed by atoms with van der Waals surface area (Å²) in [4.78, 5) is 16.8. The van der Waals surface area contributed by atoms with Crippen molar-refractivity contribution in [2.24, 2.45) is 0 Å². The van der Waals surface area contributed by atoms with Gasteiger partial charge in [0.1, 0.15) is 17.9 Å². The number of nitrogens with zero attached hydrogens (tertiary/aromatic N) is 2. The Morgan fingerprint density at radius 3 is 2.81 bits per heavy atom. The van der Waals surface area contributed by atoms with Crippen molar-refractivity contribution in [1.29, 1.82) is 0 Å². The summed E-state index contributed by atoms with van der Waals surface area (Å²) in [6.07, 6.45) is 1.32. The van der Waals surface area contributed by atoms with Gasteiger partial charge in [0, 0.05) is 24.5 Å². The van der Waals surface area contributed by atoms with E-state index < -0.39 is 5.97 Å². The second-order valence-corrected chi connectivity index (χ2v) is 3.78. The van der Waals surface area contributed by atoms with Gasteiger partial charge in [-0.1, -0.05) is 0 Å². The fourth-order valence-electron chi connectivity index (χ4n) is 1.15. The van der Waals surface area contributed by atoms with E-state index in [0.29, 0.717) is 12.4 Å². The van der Waals surface area contributed by atoms with Gasteiger partial charge in [0.2, 0.25) is 0 Å². The number of aryl methyl sites for hydroxylation is 1. The molecular formula is C11H16N2O3. The van der Waals surface area contributed by atoms with Crippen LogP contribution in [0.3, 0.4) is 0 Å². The molecule has 0 aliphatic carbocycles. The standard InChI is InChI=1S/C11H16N2O3/c1-8-6-10(16-5-4-13(2)3)9(7-12-8)11(14)15/h6-7H,4-5H2,1-3H3,(H,14,15). The minimum Gasteiger partial charge on any atom is -0.491 e. The number of carbonyl (C=O) groups is 1. The molecule has 1 aromatic heterocycles. The lowest BCUT2D eigenvalue weighted by Crippen LogP contribution is -2.20. The molecule has 0 radical (unpaired) electrons. The molecule has 0 atom stereocenters. The summed E-state index contributed by atoms with van der Waals surface area (Å²) in [5, 5.41) is 8.93. The topological polar surface area (TPSA) is 62.7 Å². The first-order valence-corrected chi connectivity index (χ1v) is 4.98. The summed E-state index contributed by atoms with van der Waals surface area (Å²) >= 11 is 0. The number of hydrogen-bond acceptors (Lipinski definition) is 4. The lowest BCUT2D eigenvalue weighted by Gasteiger charge is -2.12. The third-order valence-corrected chi connectivity index (χ3v) is 2.03. The molecule has 0 bridgehead atoms. The van der Waals surface area contributed by atoms with E-state index in [2.05, 4.69) is 4.98 Å². The van der Waals surface area contributed by atoms with Gasteiger partial charge in [0.05, 0.1) is 0 Å². The first-order chi connectivity index (χ1) is 7.50. The molecule has 1 N–H and O–H groups in total. The first-order valence-electron chi connectivity index (χ1n) is 4.98. The van der Waals surface area contributed by atoms with Gasteiger partial charge >= 0.3 is 5.97 Å². The summed E-state index contributed by atoms with van der Waals surface area (Å²) in [7, 11) is 3.86. The lowest BCUT2D eigenvalue weighted by atomic mass is 10.2. The number of aromatic carboxylic acids is 1. The van der Waals surface area contributed by atoms with Crippen LogP contribution in [-0.4, -0.2) is 48.2 Å². The highest BCUT2D eigenvalue weighted by atomic mass is 16.5. The minimum atomic E-state index is -1.02. The Bertz CT molecular complexity index is 377. The fourth-order valence-corrected chi connectivity index (χ4v) is 1.15. The van der Waals surface area contributed by atoms with E-state index in [1.165, 1.54) is 6.20 Å². The number of hydrogen-bond donors (Lipinski definition) is 1. The fraction of sp³-hybridized carbons (Fsp3) is 0.455. The molecule has 0 aliphatic rings. The Morgan fingerprint density at radius 2 is 2.25 bits per heavy atom. The predicted octanol–water partition coefficient (Wildman–Crippen LogP) is 1.03. The maximum Gasteiger partial charge on any atom is 0.341 e. The number of likely N-dealkylation sites (N-methyl/N-ethyl adjacent to an activating group) is 1. The van der Waals surface area contributed by atoms with Crippen LogP contribution >= 0.6 is 0 Å². The summed E-state index contributed by atoms with van der Waals surface area (Å²) in [5.74, 6) is -0.644. The molecule has 88 valence electrons. The summed E-state index contributed by atoms with van der Waals surface area (Å²) in [5.41, 5.74) is 0.842. The molecule has 0 aromatic carbocycles. The number of ether oxygens (including phenoxy) is 1. The monoisotopic (exact) mass is 224 g/mol. The van der Waals surface area contributed by atoms with Crippen molar-refractivity contribution in [2.45, 2.75) is 6.92 Å². The molecule has 0 saturated heterocycles. The van der Waals surface area contributed by atoms with E-state index in [9.17, 15) is 4.79 Å². The molecule has 0 amide bonds. The Balaban J connectivity index is 2.76. The van der Waals surface area contributed by atoms with Crippen molar-refractivity contribution in [3.8, 4) is 5.75 Å². The maximum atomic E-state index is 10.9. The highest BCUT2D eigenvalue weighted by molar-refractivity contribution is 5.90. The number of carboxylic acid groups (broad SMARTS) is 1. The molecule has 1 heterocycles. The second-order valence-electron chi connectivity index (χ2n) is 3.78. The molecule has 0 saturated carbocycles. The average molecular weight is 224 g/mol. The Hall–Kier alpha value is -1.62. The van der Waals surface area contributed by atoms with Gasteiger partial charge in [0.25, 0.3) is 0 Å².